The second kappa shape index (κ2) is 7.47. The van der Waals surface area contributed by atoms with Crippen LogP contribution in [0.3, 0.4) is 0 Å². The van der Waals surface area contributed by atoms with Crippen molar-refractivity contribution < 1.29 is 17.9 Å². The number of anilines is 1. The summed E-state index contributed by atoms with van der Waals surface area (Å²) < 4.78 is 33.1. The summed E-state index contributed by atoms with van der Waals surface area (Å²) in [6.07, 6.45) is 0. The average molecular weight is 400 g/mol. The molecule has 0 bridgehead atoms. The number of H-pyrrole nitrogens is 1. The lowest BCUT2D eigenvalue weighted by atomic mass is 10.1. The van der Waals surface area contributed by atoms with Gasteiger partial charge in [-0.2, -0.15) is 0 Å². The molecular weight excluding hydrogens is 380 g/mol. The van der Waals surface area contributed by atoms with E-state index in [4.69, 9.17) is 4.74 Å². The van der Waals surface area contributed by atoms with Gasteiger partial charge < -0.3 is 9.72 Å². The molecule has 0 aliphatic heterocycles. The van der Waals surface area contributed by atoms with Gasteiger partial charge in [-0.1, -0.05) is 0 Å². The molecule has 3 aromatic rings. The van der Waals surface area contributed by atoms with Crippen molar-refractivity contribution in [2.45, 2.75) is 25.7 Å². The van der Waals surface area contributed by atoms with Crippen LogP contribution in [0.25, 0.3) is 10.9 Å². The summed E-state index contributed by atoms with van der Waals surface area (Å²) >= 11 is 0. The first-order valence-corrected chi connectivity index (χ1v) is 10.1. The first kappa shape index (κ1) is 19.6. The molecule has 2 N–H and O–H groups in total. The van der Waals surface area contributed by atoms with Crippen molar-refractivity contribution in [1.82, 2.24) is 4.98 Å². The molecule has 0 saturated carbocycles. The van der Waals surface area contributed by atoms with Crippen molar-refractivity contribution in [3.05, 3.63) is 69.5 Å². The Morgan fingerprint density at radius 2 is 1.75 bits per heavy atom. The van der Waals surface area contributed by atoms with E-state index in [0.717, 1.165) is 0 Å². The number of hydrogen-bond donors (Lipinski definition) is 2. The maximum Gasteiger partial charge on any atom is 0.338 e. The highest BCUT2D eigenvalue weighted by molar-refractivity contribution is 7.92. The van der Waals surface area contributed by atoms with Gasteiger partial charge in [0.25, 0.3) is 10.0 Å². The van der Waals surface area contributed by atoms with Crippen LogP contribution in [0.15, 0.2) is 52.2 Å². The van der Waals surface area contributed by atoms with Crippen molar-refractivity contribution in [2.75, 3.05) is 11.3 Å². The quantitative estimate of drug-likeness (QED) is 0.640. The molecule has 0 amide bonds. The Morgan fingerprint density at radius 1 is 1.07 bits per heavy atom. The van der Waals surface area contributed by atoms with Crippen LogP contribution in [0.2, 0.25) is 0 Å². The maximum atomic E-state index is 12.8. The molecule has 0 saturated heterocycles. The second-order valence-electron chi connectivity index (χ2n) is 6.38. The zero-order valence-corrected chi connectivity index (χ0v) is 16.5. The minimum absolute atomic E-state index is 0.0853. The number of aromatic nitrogens is 1. The summed E-state index contributed by atoms with van der Waals surface area (Å²) in [5.41, 5.74) is 2.38. The van der Waals surface area contributed by atoms with Crippen LogP contribution in [0.5, 0.6) is 0 Å². The van der Waals surface area contributed by atoms with Crippen LogP contribution >= 0.6 is 0 Å². The van der Waals surface area contributed by atoms with Crippen molar-refractivity contribution in [2.24, 2.45) is 0 Å². The Kier molecular flexibility index (Phi) is 5.24. The van der Waals surface area contributed by atoms with Crippen molar-refractivity contribution in [3.63, 3.8) is 0 Å². The van der Waals surface area contributed by atoms with E-state index in [0.29, 0.717) is 33.3 Å². The van der Waals surface area contributed by atoms with Crippen LogP contribution in [-0.2, 0) is 14.8 Å². The van der Waals surface area contributed by atoms with E-state index in [1.807, 2.05) is 0 Å². The molecule has 1 aromatic heterocycles. The van der Waals surface area contributed by atoms with E-state index >= 15 is 0 Å². The average Bonchev–Trinajstić information content (AvgIpc) is 2.63. The highest BCUT2D eigenvalue weighted by Crippen LogP contribution is 2.25. The van der Waals surface area contributed by atoms with E-state index in [1.165, 1.54) is 42.5 Å². The number of nitrogens with one attached hydrogen (secondary N) is 2. The zero-order valence-electron chi connectivity index (χ0n) is 15.7. The molecule has 0 aliphatic rings. The third-order valence-electron chi connectivity index (χ3n) is 4.29. The summed E-state index contributed by atoms with van der Waals surface area (Å²) in [6.45, 7) is 5.47. The number of esters is 1. The number of pyridine rings is 1. The molecule has 0 spiro atoms. The van der Waals surface area contributed by atoms with Crippen molar-refractivity contribution in [3.8, 4) is 0 Å². The lowest BCUT2D eigenvalue weighted by Crippen LogP contribution is -2.14. The third kappa shape index (κ3) is 3.91. The van der Waals surface area contributed by atoms with Crippen LogP contribution in [0.4, 0.5) is 5.69 Å². The fourth-order valence-electron chi connectivity index (χ4n) is 2.92. The Hall–Kier alpha value is -3.13. The molecule has 8 heteroatoms. The second-order valence-corrected chi connectivity index (χ2v) is 8.07. The number of sulfonamides is 1. The summed E-state index contributed by atoms with van der Waals surface area (Å²) in [6, 6.07) is 10.5. The van der Waals surface area contributed by atoms with Gasteiger partial charge in [-0.25, -0.2) is 13.2 Å². The Labute approximate surface area is 162 Å². The lowest BCUT2D eigenvalue weighted by Gasteiger charge is -2.12. The van der Waals surface area contributed by atoms with E-state index < -0.39 is 16.0 Å². The number of hydrogen-bond acceptors (Lipinski definition) is 5. The van der Waals surface area contributed by atoms with Gasteiger partial charge >= 0.3 is 5.97 Å². The molecule has 0 unspecified atom stereocenters. The minimum atomic E-state index is -3.86. The summed E-state index contributed by atoms with van der Waals surface area (Å²) in [5.74, 6) is -0.466. The van der Waals surface area contributed by atoms with Gasteiger partial charge in [0.1, 0.15) is 0 Å². The first-order chi connectivity index (χ1) is 13.2. The SMILES string of the molecule is CCOC(=O)c1ccc(NS(=O)(=O)c2cc(C)c3[nH]c(=O)cc(C)c3c2)cc1. The zero-order chi connectivity index (χ0) is 20.5. The highest BCUT2D eigenvalue weighted by atomic mass is 32.2. The number of benzene rings is 2. The molecular formula is C20H20N2O5S. The van der Waals surface area contributed by atoms with E-state index in [-0.39, 0.29) is 17.1 Å². The largest absolute Gasteiger partial charge is 0.462 e. The van der Waals surface area contributed by atoms with Gasteiger partial charge in [-0.15, -0.1) is 0 Å². The van der Waals surface area contributed by atoms with E-state index in [2.05, 4.69) is 9.71 Å². The van der Waals surface area contributed by atoms with Gasteiger partial charge in [-0.05, 0) is 68.3 Å². The predicted octanol–water partition coefficient (Wildman–Crippen LogP) is 3.12. The highest BCUT2D eigenvalue weighted by Gasteiger charge is 2.17. The Morgan fingerprint density at radius 3 is 2.39 bits per heavy atom. The molecule has 28 heavy (non-hydrogen) atoms. The molecule has 1 heterocycles. The maximum absolute atomic E-state index is 12.8. The normalized spacial score (nSPS) is 11.4. The van der Waals surface area contributed by atoms with Gasteiger partial charge in [0.2, 0.25) is 5.56 Å². The molecule has 0 radical (unpaired) electrons. The minimum Gasteiger partial charge on any atom is -0.462 e. The van der Waals surface area contributed by atoms with Crippen LogP contribution < -0.4 is 10.3 Å². The summed E-state index contributed by atoms with van der Waals surface area (Å²) in [4.78, 5) is 26.2. The number of aromatic amines is 1. The van der Waals surface area contributed by atoms with E-state index in [1.54, 1.807) is 20.8 Å². The predicted molar refractivity (Wildman–Crippen MR) is 107 cm³/mol. The number of carbonyl (C=O) groups is 1. The summed E-state index contributed by atoms with van der Waals surface area (Å²) in [5, 5.41) is 0.664. The molecule has 7 nitrogen and oxygen atoms in total. The molecule has 2 aromatic carbocycles. The first-order valence-electron chi connectivity index (χ1n) is 8.65. The fraction of sp³-hybridized carbons (Fsp3) is 0.200. The van der Waals surface area contributed by atoms with E-state index in [9.17, 15) is 18.0 Å². The van der Waals surface area contributed by atoms with Gasteiger partial charge in [0, 0.05) is 17.1 Å². The third-order valence-corrected chi connectivity index (χ3v) is 5.65. The fourth-order valence-corrected chi connectivity index (χ4v) is 4.09. The van der Waals surface area contributed by atoms with Crippen molar-refractivity contribution in [1.29, 1.82) is 0 Å². The topological polar surface area (TPSA) is 105 Å². The van der Waals surface area contributed by atoms with Crippen LogP contribution in [0.1, 0.15) is 28.4 Å². The number of aryl methyl sites for hydroxylation is 2. The number of ether oxygens (including phenoxy) is 1. The Bertz CT molecular complexity index is 1210. The smallest absolute Gasteiger partial charge is 0.338 e. The molecule has 0 atom stereocenters. The van der Waals surface area contributed by atoms with Gasteiger partial charge in [0.15, 0.2) is 0 Å². The van der Waals surface area contributed by atoms with Crippen molar-refractivity contribution >= 4 is 32.6 Å². The molecule has 0 aliphatic carbocycles. The molecule has 0 fully saturated rings. The van der Waals surface area contributed by atoms with Crippen LogP contribution in [-0.4, -0.2) is 26.0 Å². The molecule has 3 rings (SSSR count). The Balaban J connectivity index is 1.95. The number of rotatable bonds is 5. The number of carbonyl (C=O) groups excluding carboxylic acids is 1. The van der Waals surface area contributed by atoms with Crippen LogP contribution in [0, 0.1) is 13.8 Å². The lowest BCUT2D eigenvalue weighted by molar-refractivity contribution is 0.0526. The number of fused-ring (bicyclic) bond motifs is 1. The van der Waals surface area contributed by atoms with Gasteiger partial charge in [0.05, 0.1) is 22.6 Å². The monoisotopic (exact) mass is 400 g/mol. The standard InChI is InChI=1S/C20H20N2O5S/c1-4-27-20(24)14-5-7-15(8-6-14)22-28(25,26)16-9-13(3)19-17(11-16)12(2)10-18(23)21-19/h5-11,22H,4H2,1-3H3,(H,21,23). The molecule has 146 valence electrons. The summed E-state index contributed by atoms with van der Waals surface area (Å²) in [7, 11) is -3.86. The van der Waals surface area contributed by atoms with Gasteiger partial charge in [-0.3, -0.25) is 9.52 Å².